The summed E-state index contributed by atoms with van der Waals surface area (Å²) in [5, 5.41) is 81.6. The molecular formula is C74H98ClN19O21S2. The van der Waals surface area contributed by atoms with Crippen LogP contribution >= 0.6 is 33.2 Å². The molecular weight excluding hydrogens is 1590 g/mol. The van der Waals surface area contributed by atoms with E-state index in [0.717, 1.165) is 28.5 Å². The van der Waals surface area contributed by atoms with Crippen LogP contribution in [0, 0.1) is 0 Å². The molecule has 0 saturated carbocycles. The largest absolute Gasteiger partial charge is 0.508 e. The predicted molar refractivity (Wildman–Crippen MR) is 427 cm³/mol. The molecule has 15 amide bonds. The van der Waals surface area contributed by atoms with E-state index < -0.39 is 200 Å². The van der Waals surface area contributed by atoms with Gasteiger partial charge in [0, 0.05) is 106 Å². The average Bonchev–Trinajstić information content (AvgIpc) is 0.774. The molecule has 1 unspecified atom stereocenters. The van der Waals surface area contributed by atoms with Crippen LogP contribution in [0.5, 0.6) is 5.75 Å². The molecule has 0 aromatic heterocycles. The number of aliphatic hydroxyl groups excluding tert-OH is 1. The summed E-state index contributed by atoms with van der Waals surface area (Å²) in [6.45, 7) is -0.313. The van der Waals surface area contributed by atoms with Crippen molar-refractivity contribution in [3.8, 4) is 5.75 Å². The van der Waals surface area contributed by atoms with E-state index in [1.807, 2.05) is 5.32 Å². The Bertz CT molecular complexity index is 4130. The molecule has 10 atom stereocenters. The van der Waals surface area contributed by atoms with Gasteiger partial charge >= 0.3 is 30.0 Å². The fraction of sp³-hybridized carbons (Fsp3) is 0.459. The molecule has 0 spiro atoms. The summed E-state index contributed by atoms with van der Waals surface area (Å²) >= 11 is 6.32. The Morgan fingerprint density at radius 1 is 0.521 bits per heavy atom. The molecule has 3 aliphatic heterocycles. The van der Waals surface area contributed by atoms with Crippen LogP contribution in [0.1, 0.15) is 54.9 Å². The molecule has 0 aliphatic carbocycles. The monoisotopic (exact) mass is 1690 g/mol. The molecule has 7 rings (SSSR count). The number of carboxylic acids is 3. The normalized spacial score (nSPS) is 21.2. The highest BCUT2D eigenvalue weighted by molar-refractivity contribution is 8.76. The maximum absolute atomic E-state index is 15.7. The van der Waals surface area contributed by atoms with Crippen molar-refractivity contribution in [2.75, 3.05) is 107 Å². The molecule has 4 aromatic rings. The number of phenols is 1. The number of benzene rings is 4. The number of carbonyl (C=O) groups excluding carboxylic acids is 13. The number of phenolic OH excluding ortho intramolecular Hbond substituents is 1. The van der Waals surface area contributed by atoms with Crippen LogP contribution in [0.2, 0.25) is 5.02 Å². The fourth-order valence-corrected chi connectivity index (χ4v) is 15.0. The lowest BCUT2D eigenvalue weighted by molar-refractivity contribution is -0.140. The number of aliphatic hydroxyl groups is 1. The van der Waals surface area contributed by atoms with Crippen LogP contribution in [0.4, 0.5) is 21.0 Å². The van der Waals surface area contributed by atoms with E-state index >= 15 is 19.2 Å². The standard InChI is InChI=1S/C74H98ClN19O21S2/c1-41(95)63-72(113)87-57(70(111)83-51(64(77)105)30-45-11-19-49(96)20-12-45)40-117-116-39-56(86-67(108)52(31-42-5-13-46(75)14-6-42)81-59(98)35-91-22-24-92(36-60(99)100)26-28-94(38-62(103)104)29-27-93(25-23-91)37-61(101)102)71(112)85-54(33-43-7-15-47(16-8-43)79-66(107)55-34-58(97)89-74(115)88-55)69(110)84-53(32-44-9-17-48(18-10-44)80-73(78)114)68(109)82-50(65(106)90-63)4-2-3-21-76/h5-20,41,50-57,63,95-96H,2-4,21-40,76H2,1H3,(H2,77,105)(H,79,107)(H,81,98)(H,82,109)(H,83,111)(H,84,110)(H,85,112)(H,86,108)(H,87,113)(H,90,106)(H,99,100)(H,101,102)(H,103,104)(H3,78,80,114)(H2,88,89,97,115)/t41-,50+,51-,52+,53-,54+,55+,56-,57+,63?/m1/s1. The van der Waals surface area contributed by atoms with Gasteiger partial charge in [-0.3, -0.25) is 92.0 Å². The molecule has 3 aliphatic rings. The van der Waals surface area contributed by atoms with E-state index in [4.69, 9.17) is 28.8 Å². The number of anilines is 2. The van der Waals surface area contributed by atoms with Gasteiger partial charge in [-0.2, -0.15) is 0 Å². The Hall–Kier alpha value is -11.2. The van der Waals surface area contributed by atoms with Gasteiger partial charge in [0.1, 0.15) is 60.1 Å². The Balaban J connectivity index is 1.32. The number of hydrogen-bond acceptors (Lipinski definition) is 25. The third kappa shape index (κ3) is 32.4. The van der Waals surface area contributed by atoms with E-state index in [2.05, 4.69) is 58.5 Å². The summed E-state index contributed by atoms with van der Waals surface area (Å²) in [7, 11) is 1.63. The number of hydrogen-bond donors (Lipinski definition) is 20. The molecule has 4 aromatic carbocycles. The van der Waals surface area contributed by atoms with Crippen molar-refractivity contribution in [2.24, 2.45) is 17.2 Å². The van der Waals surface area contributed by atoms with Crippen molar-refractivity contribution >= 4 is 140 Å². The highest BCUT2D eigenvalue weighted by Gasteiger charge is 2.38. The first-order chi connectivity index (χ1) is 55.6. The van der Waals surface area contributed by atoms with Crippen LogP contribution in [-0.2, 0) is 92.8 Å². The van der Waals surface area contributed by atoms with Crippen LogP contribution in [-0.4, -0.2) is 297 Å². The van der Waals surface area contributed by atoms with Crippen LogP contribution < -0.4 is 81.0 Å². The number of urea groups is 2. The molecule has 634 valence electrons. The van der Waals surface area contributed by atoms with Crippen molar-refractivity contribution < 1.29 is 102 Å². The quantitative estimate of drug-likeness (QED) is 0.0175. The SMILES string of the molecule is C[C@@H](O)C1NC(=O)[C@H](CCCCN)NC(=O)[C@@H](Cc2ccc(NC(N)=O)cc2)NC(=O)[C@H](Cc2ccc(NC(=O)[C@@H]3CC(=O)NC(=O)N3)cc2)NC(=O)[C@H](NC(=O)[C@H](Cc2ccc(Cl)cc2)NC(=O)CN2CCN(CC(=O)O)CCN(CC(=O)O)CCN(CC(=O)O)CC2)CSSC[C@@H](C(=O)N[C@H](Cc2ccc(O)cc2)C(N)=O)NC1=O. The van der Waals surface area contributed by atoms with E-state index in [1.165, 1.54) is 94.7 Å². The van der Waals surface area contributed by atoms with Gasteiger partial charge in [0.05, 0.1) is 38.7 Å². The lowest BCUT2D eigenvalue weighted by Gasteiger charge is -2.33. The number of aliphatic carboxylic acids is 3. The van der Waals surface area contributed by atoms with Crippen molar-refractivity contribution in [1.82, 2.24) is 72.8 Å². The predicted octanol–water partition coefficient (Wildman–Crippen LogP) is -3.91. The number of rotatable bonds is 30. The molecule has 23 N–H and O–H groups in total. The maximum Gasteiger partial charge on any atom is 0.322 e. The highest BCUT2D eigenvalue weighted by Crippen LogP contribution is 2.25. The minimum atomic E-state index is -1.89. The van der Waals surface area contributed by atoms with E-state index in [9.17, 15) is 83.1 Å². The molecule has 0 radical (unpaired) electrons. The van der Waals surface area contributed by atoms with Gasteiger partial charge in [-0.15, -0.1) is 0 Å². The van der Waals surface area contributed by atoms with Gasteiger partial charge in [-0.25, -0.2) is 9.59 Å². The van der Waals surface area contributed by atoms with Crippen molar-refractivity contribution in [1.29, 1.82) is 0 Å². The van der Waals surface area contributed by atoms with Crippen LogP contribution in [0.15, 0.2) is 97.1 Å². The average molecular weight is 1690 g/mol. The lowest BCUT2D eigenvalue weighted by atomic mass is 10.0. The van der Waals surface area contributed by atoms with Gasteiger partial charge in [0.15, 0.2) is 0 Å². The summed E-state index contributed by atoms with van der Waals surface area (Å²) in [6, 6.07) is 6.70. The van der Waals surface area contributed by atoms with Gasteiger partial charge in [-0.1, -0.05) is 81.7 Å². The van der Waals surface area contributed by atoms with E-state index in [1.54, 1.807) is 21.9 Å². The second-order valence-corrected chi connectivity index (χ2v) is 31.0. The number of primary amides is 2. The summed E-state index contributed by atoms with van der Waals surface area (Å²) in [4.78, 5) is 225. The van der Waals surface area contributed by atoms with Crippen molar-refractivity contribution in [2.45, 2.75) is 119 Å². The van der Waals surface area contributed by atoms with E-state index in [-0.39, 0.29) is 120 Å². The summed E-state index contributed by atoms with van der Waals surface area (Å²) in [5.41, 5.74) is 18.9. The van der Waals surface area contributed by atoms with Gasteiger partial charge < -0.3 is 101 Å². The summed E-state index contributed by atoms with van der Waals surface area (Å²) in [5.74, 6) is -15.5. The lowest BCUT2D eigenvalue weighted by Crippen LogP contribution is -2.62. The maximum atomic E-state index is 15.7. The first-order valence-corrected chi connectivity index (χ1v) is 40.1. The highest BCUT2D eigenvalue weighted by atomic mass is 35.5. The first kappa shape index (κ1) is 92.9. The second-order valence-electron chi connectivity index (χ2n) is 28.0. The molecule has 117 heavy (non-hydrogen) atoms. The van der Waals surface area contributed by atoms with Gasteiger partial charge in [-0.05, 0) is 104 Å². The minimum absolute atomic E-state index is 0.0103. The zero-order valence-electron chi connectivity index (χ0n) is 63.8. The summed E-state index contributed by atoms with van der Waals surface area (Å²) in [6.07, 6.45) is -3.17. The third-order valence-electron chi connectivity index (χ3n) is 18.7. The number of nitrogens with zero attached hydrogens (tertiary/aromatic N) is 4. The Morgan fingerprint density at radius 3 is 1.47 bits per heavy atom. The smallest absolute Gasteiger partial charge is 0.322 e. The second kappa shape index (κ2) is 46.5. The Morgan fingerprint density at radius 2 is 0.983 bits per heavy atom. The van der Waals surface area contributed by atoms with Gasteiger partial charge in [0.25, 0.3) is 0 Å². The fourth-order valence-electron chi connectivity index (χ4n) is 12.5. The van der Waals surface area contributed by atoms with Crippen LogP contribution in [0.3, 0.4) is 0 Å². The Kier molecular flexibility index (Phi) is 36.9. The van der Waals surface area contributed by atoms with E-state index in [0.29, 0.717) is 28.1 Å². The topological polar surface area (TPSA) is 610 Å². The zero-order valence-corrected chi connectivity index (χ0v) is 66.1. The number of halogens is 1. The Labute approximate surface area is 684 Å². The number of unbranched alkanes of at least 4 members (excludes halogenated alkanes) is 1. The number of carbonyl (C=O) groups is 16. The van der Waals surface area contributed by atoms with Crippen molar-refractivity contribution in [3.63, 3.8) is 0 Å². The molecule has 3 fully saturated rings. The summed E-state index contributed by atoms with van der Waals surface area (Å²) < 4.78 is 0. The van der Waals surface area contributed by atoms with Crippen molar-refractivity contribution in [3.05, 3.63) is 124 Å². The molecule has 40 nitrogen and oxygen atoms in total. The molecule has 3 saturated heterocycles. The third-order valence-corrected chi connectivity index (χ3v) is 21.4. The molecule has 3 heterocycles. The van der Waals surface area contributed by atoms with Crippen LogP contribution in [0.25, 0.3) is 0 Å². The number of aromatic hydroxyl groups is 1. The number of imide groups is 1. The number of carboxylic acid groups (broad SMARTS) is 3. The number of amides is 15. The first-order valence-electron chi connectivity index (χ1n) is 37.2. The number of nitrogens with one attached hydrogen (secondary N) is 12. The molecule has 0 bridgehead atoms. The van der Waals surface area contributed by atoms with Gasteiger partial charge in [0.2, 0.25) is 65.0 Å². The molecule has 43 heteroatoms. The minimum Gasteiger partial charge on any atom is -0.508 e. The zero-order chi connectivity index (χ0) is 85.4. The number of nitrogens with two attached hydrogens (primary N) is 3.